The molecule has 1 N–H and O–H groups in total. The number of ether oxygens (including phenoxy) is 2. The van der Waals surface area contributed by atoms with Crippen molar-refractivity contribution >= 4 is 40.9 Å². The van der Waals surface area contributed by atoms with Gasteiger partial charge in [-0.25, -0.2) is 0 Å². The highest BCUT2D eigenvalue weighted by Crippen LogP contribution is 2.24. The van der Waals surface area contributed by atoms with Crippen LogP contribution in [0, 0.1) is 0 Å². The Kier molecular flexibility index (Phi) is 10.8. The summed E-state index contributed by atoms with van der Waals surface area (Å²) in [7, 11) is 0. The molecule has 0 aliphatic carbocycles. The summed E-state index contributed by atoms with van der Waals surface area (Å²) in [4.78, 5) is 12.1. The van der Waals surface area contributed by atoms with Gasteiger partial charge in [0.2, 0.25) is 5.91 Å². The van der Waals surface area contributed by atoms with E-state index in [9.17, 15) is 4.79 Å². The quantitative estimate of drug-likeness (QED) is 0.465. The summed E-state index contributed by atoms with van der Waals surface area (Å²) in [6.45, 7) is 4.86. The maximum atomic E-state index is 12.1. The van der Waals surface area contributed by atoms with Gasteiger partial charge >= 0.3 is 0 Å². The predicted octanol–water partition coefficient (Wildman–Crippen LogP) is 5.10. The SMILES string of the molecule is CCOCCOCc1cccc(CNC(=O)CSCc2ccc(Cl)cc2Cl)c1. The Balaban J connectivity index is 1.68. The highest BCUT2D eigenvalue weighted by Gasteiger charge is 2.06. The molecule has 0 unspecified atom stereocenters. The zero-order valence-corrected chi connectivity index (χ0v) is 18.2. The van der Waals surface area contributed by atoms with Crippen LogP contribution >= 0.6 is 35.0 Å². The van der Waals surface area contributed by atoms with Gasteiger partial charge in [-0.05, 0) is 35.7 Å². The third kappa shape index (κ3) is 8.84. The van der Waals surface area contributed by atoms with Crippen molar-refractivity contribution in [3.05, 3.63) is 69.2 Å². The third-order valence-electron chi connectivity index (χ3n) is 3.83. The van der Waals surface area contributed by atoms with Crippen molar-refractivity contribution in [3.63, 3.8) is 0 Å². The lowest BCUT2D eigenvalue weighted by Crippen LogP contribution is -2.24. The molecule has 0 aliphatic rings. The summed E-state index contributed by atoms with van der Waals surface area (Å²) in [6, 6.07) is 13.4. The van der Waals surface area contributed by atoms with Crippen molar-refractivity contribution < 1.29 is 14.3 Å². The number of carbonyl (C=O) groups is 1. The number of rotatable bonds is 12. The monoisotopic (exact) mass is 441 g/mol. The fourth-order valence-electron chi connectivity index (χ4n) is 2.43. The zero-order valence-electron chi connectivity index (χ0n) is 15.9. The number of halogens is 2. The van der Waals surface area contributed by atoms with Crippen LogP contribution in [0.5, 0.6) is 0 Å². The number of thioether (sulfide) groups is 1. The van der Waals surface area contributed by atoms with Crippen LogP contribution in [-0.4, -0.2) is 31.5 Å². The first-order valence-electron chi connectivity index (χ1n) is 9.10. The lowest BCUT2D eigenvalue weighted by molar-refractivity contribution is -0.118. The van der Waals surface area contributed by atoms with E-state index < -0.39 is 0 Å². The van der Waals surface area contributed by atoms with Crippen LogP contribution in [0.3, 0.4) is 0 Å². The van der Waals surface area contributed by atoms with Gasteiger partial charge in [-0.1, -0.05) is 53.5 Å². The van der Waals surface area contributed by atoms with E-state index in [1.807, 2.05) is 37.3 Å². The van der Waals surface area contributed by atoms with E-state index in [1.165, 1.54) is 11.8 Å². The van der Waals surface area contributed by atoms with E-state index in [2.05, 4.69) is 5.32 Å². The largest absolute Gasteiger partial charge is 0.379 e. The van der Waals surface area contributed by atoms with E-state index in [-0.39, 0.29) is 5.91 Å². The van der Waals surface area contributed by atoms with Gasteiger partial charge in [-0.3, -0.25) is 4.79 Å². The number of carbonyl (C=O) groups excluding carboxylic acids is 1. The molecule has 2 aromatic rings. The van der Waals surface area contributed by atoms with Crippen molar-refractivity contribution in [2.45, 2.75) is 25.8 Å². The Hall–Kier alpha value is -1.24. The standard InChI is InChI=1S/C21H25Cl2NO3S/c1-2-26-8-9-27-13-17-5-3-4-16(10-17)12-24-21(25)15-28-14-18-6-7-19(22)11-20(18)23/h3-7,10-11H,2,8-9,12-15H2,1H3,(H,24,25). The van der Waals surface area contributed by atoms with Gasteiger partial charge in [-0.2, -0.15) is 0 Å². The fraction of sp³-hybridized carbons (Fsp3) is 0.381. The maximum Gasteiger partial charge on any atom is 0.230 e. The second kappa shape index (κ2) is 13.1. The third-order valence-corrected chi connectivity index (χ3v) is 5.40. The first-order chi connectivity index (χ1) is 13.6. The molecule has 0 radical (unpaired) electrons. The summed E-state index contributed by atoms with van der Waals surface area (Å²) in [5.74, 6) is 1.03. The lowest BCUT2D eigenvalue weighted by Gasteiger charge is -2.09. The number of nitrogens with one attached hydrogen (secondary N) is 1. The van der Waals surface area contributed by atoms with Crippen molar-refractivity contribution in [2.24, 2.45) is 0 Å². The van der Waals surface area contributed by atoms with Crippen molar-refractivity contribution in [1.82, 2.24) is 5.32 Å². The zero-order chi connectivity index (χ0) is 20.2. The molecule has 1 amide bonds. The van der Waals surface area contributed by atoms with Crippen LogP contribution in [0.1, 0.15) is 23.6 Å². The van der Waals surface area contributed by atoms with Crippen LogP contribution < -0.4 is 5.32 Å². The average Bonchev–Trinajstić information content (AvgIpc) is 2.68. The van der Waals surface area contributed by atoms with E-state index in [0.717, 1.165) is 16.7 Å². The molecule has 0 fully saturated rings. The highest BCUT2D eigenvalue weighted by atomic mass is 35.5. The number of hydrogen-bond donors (Lipinski definition) is 1. The minimum atomic E-state index is -0.00606. The van der Waals surface area contributed by atoms with E-state index in [4.69, 9.17) is 32.7 Å². The lowest BCUT2D eigenvalue weighted by atomic mass is 10.1. The molecule has 0 aliphatic heterocycles. The average molecular weight is 442 g/mol. The topological polar surface area (TPSA) is 47.6 Å². The van der Waals surface area contributed by atoms with Gasteiger partial charge in [0.05, 0.1) is 25.6 Å². The molecule has 152 valence electrons. The van der Waals surface area contributed by atoms with Crippen LogP contribution in [-0.2, 0) is 33.2 Å². The number of benzene rings is 2. The van der Waals surface area contributed by atoms with Gasteiger partial charge in [0.1, 0.15) is 0 Å². The minimum Gasteiger partial charge on any atom is -0.379 e. The van der Waals surface area contributed by atoms with E-state index in [0.29, 0.717) is 54.5 Å². The van der Waals surface area contributed by atoms with Gasteiger partial charge in [-0.15, -0.1) is 11.8 Å². The summed E-state index contributed by atoms with van der Waals surface area (Å²) in [5.41, 5.74) is 3.10. The van der Waals surface area contributed by atoms with Gasteiger partial charge in [0.25, 0.3) is 0 Å². The molecule has 0 heterocycles. The summed E-state index contributed by atoms with van der Waals surface area (Å²) < 4.78 is 10.8. The predicted molar refractivity (Wildman–Crippen MR) is 117 cm³/mol. The normalized spacial score (nSPS) is 10.8. The Labute approximate surface area is 180 Å². The molecule has 2 aromatic carbocycles. The Morgan fingerprint density at radius 2 is 1.86 bits per heavy atom. The minimum absolute atomic E-state index is 0.00606. The number of hydrogen-bond acceptors (Lipinski definition) is 4. The van der Waals surface area contributed by atoms with Gasteiger partial charge in [0.15, 0.2) is 0 Å². The molecule has 0 spiro atoms. The molecule has 4 nitrogen and oxygen atoms in total. The van der Waals surface area contributed by atoms with E-state index >= 15 is 0 Å². The van der Waals surface area contributed by atoms with Crippen LogP contribution in [0.2, 0.25) is 10.0 Å². The molecular formula is C21H25Cl2NO3S. The van der Waals surface area contributed by atoms with E-state index in [1.54, 1.807) is 12.1 Å². The Bertz CT molecular complexity index is 758. The smallest absolute Gasteiger partial charge is 0.230 e. The van der Waals surface area contributed by atoms with Crippen LogP contribution in [0.4, 0.5) is 0 Å². The molecule has 0 saturated carbocycles. The van der Waals surface area contributed by atoms with Crippen molar-refractivity contribution in [3.8, 4) is 0 Å². The molecule has 2 rings (SSSR count). The molecule has 0 atom stereocenters. The molecule has 7 heteroatoms. The molecule has 0 saturated heterocycles. The highest BCUT2D eigenvalue weighted by molar-refractivity contribution is 7.99. The molecule has 28 heavy (non-hydrogen) atoms. The molecule has 0 bridgehead atoms. The van der Waals surface area contributed by atoms with Gasteiger partial charge < -0.3 is 14.8 Å². The fourth-order valence-corrected chi connectivity index (χ4v) is 3.84. The maximum absolute atomic E-state index is 12.1. The summed E-state index contributed by atoms with van der Waals surface area (Å²) >= 11 is 13.6. The first kappa shape index (κ1) is 23.0. The van der Waals surface area contributed by atoms with Gasteiger partial charge in [0, 0.05) is 28.9 Å². The Morgan fingerprint density at radius 3 is 2.64 bits per heavy atom. The second-order valence-electron chi connectivity index (χ2n) is 6.07. The number of amides is 1. The molecule has 0 aromatic heterocycles. The molecular weight excluding hydrogens is 417 g/mol. The summed E-state index contributed by atoms with van der Waals surface area (Å²) in [6.07, 6.45) is 0. The summed E-state index contributed by atoms with van der Waals surface area (Å²) in [5, 5.41) is 4.18. The van der Waals surface area contributed by atoms with Crippen LogP contribution in [0.25, 0.3) is 0 Å². The van der Waals surface area contributed by atoms with Crippen LogP contribution in [0.15, 0.2) is 42.5 Å². The second-order valence-corrected chi connectivity index (χ2v) is 7.90. The Morgan fingerprint density at radius 1 is 1.07 bits per heavy atom. The first-order valence-corrected chi connectivity index (χ1v) is 11.0. The van der Waals surface area contributed by atoms with Crippen molar-refractivity contribution in [1.29, 1.82) is 0 Å². The van der Waals surface area contributed by atoms with Crippen molar-refractivity contribution in [2.75, 3.05) is 25.6 Å².